The lowest BCUT2D eigenvalue weighted by atomic mass is 10.1. The van der Waals surface area contributed by atoms with Gasteiger partial charge in [0, 0.05) is 11.1 Å². The van der Waals surface area contributed by atoms with Crippen LogP contribution in [-0.2, 0) is 0 Å². The molecule has 0 saturated heterocycles. The van der Waals surface area contributed by atoms with E-state index in [9.17, 15) is 0 Å². The summed E-state index contributed by atoms with van der Waals surface area (Å²) in [6.45, 7) is 2.64. The normalized spacial score (nSPS) is 12.4. The number of rotatable bonds is 5. The molecule has 0 saturated carbocycles. The molecule has 0 aliphatic carbocycles. The summed E-state index contributed by atoms with van der Waals surface area (Å²) >= 11 is 1.58. The molecule has 1 heterocycles. The van der Waals surface area contributed by atoms with Gasteiger partial charge in [-0.2, -0.15) is 0 Å². The minimum atomic E-state index is -0.0156. The van der Waals surface area contributed by atoms with Gasteiger partial charge >= 0.3 is 0 Å². The summed E-state index contributed by atoms with van der Waals surface area (Å²) in [6, 6.07) is 7.90. The number of aromatic nitrogens is 1. The quantitative estimate of drug-likeness (QED) is 0.629. The van der Waals surface area contributed by atoms with Crippen LogP contribution in [-0.4, -0.2) is 11.6 Å². The van der Waals surface area contributed by atoms with Gasteiger partial charge in [-0.3, -0.25) is 10.8 Å². The van der Waals surface area contributed by atoms with E-state index in [0.29, 0.717) is 6.61 Å². The molecule has 2 rings (SSSR count). The Morgan fingerprint density at radius 1 is 1.41 bits per heavy atom. The van der Waals surface area contributed by atoms with Gasteiger partial charge in [-0.15, -0.1) is 11.3 Å². The monoisotopic (exact) mass is 249 g/mol. The zero-order valence-corrected chi connectivity index (χ0v) is 10.4. The maximum Gasteiger partial charge on any atom is 0.119 e. The second-order valence-electron chi connectivity index (χ2n) is 3.51. The van der Waals surface area contributed by atoms with Crippen LogP contribution in [0.1, 0.15) is 23.4 Å². The van der Waals surface area contributed by atoms with Crippen molar-refractivity contribution in [2.45, 2.75) is 13.0 Å². The molecule has 1 atom stereocenters. The molecule has 1 aromatic carbocycles. The second-order valence-corrected chi connectivity index (χ2v) is 4.42. The third-order valence-electron chi connectivity index (χ3n) is 2.43. The van der Waals surface area contributed by atoms with E-state index in [1.54, 1.807) is 16.8 Å². The standard InChI is InChI=1S/C12H15N3OS/c1-2-16-10-5-3-9(4-6-10)12(15-13)11-7-14-8-17-11/h3-8,12,15H,2,13H2,1H3. The molecule has 0 bridgehead atoms. The average Bonchev–Trinajstić information content (AvgIpc) is 2.86. The van der Waals surface area contributed by atoms with Gasteiger partial charge in [0.05, 0.1) is 18.2 Å². The number of nitrogens with zero attached hydrogens (tertiary/aromatic N) is 1. The van der Waals surface area contributed by atoms with Crippen molar-refractivity contribution in [3.63, 3.8) is 0 Å². The van der Waals surface area contributed by atoms with Crippen LogP contribution < -0.4 is 16.0 Å². The van der Waals surface area contributed by atoms with Crippen molar-refractivity contribution in [2.24, 2.45) is 5.84 Å². The minimum Gasteiger partial charge on any atom is -0.494 e. The SMILES string of the molecule is CCOc1ccc(C(NN)c2cncs2)cc1. The summed E-state index contributed by atoms with van der Waals surface area (Å²) in [7, 11) is 0. The van der Waals surface area contributed by atoms with Crippen LogP contribution in [0.5, 0.6) is 5.75 Å². The Morgan fingerprint density at radius 3 is 2.71 bits per heavy atom. The van der Waals surface area contributed by atoms with Crippen LogP contribution in [0.15, 0.2) is 36.0 Å². The van der Waals surface area contributed by atoms with E-state index in [2.05, 4.69) is 10.4 Å². The third kappa shape index (κ3) is 2.82. The molecule has 0 amide bonds. The number of hydrogen-bond acceptors (Lipinski definition) is 5. The number of ether oxygens (including phenoxy) is 1. The first-order valence-electron chi connectivity index (χ1n) is 5.42. The summed E-state index contributed by atoms with van der Waals surface area (Å²) < 4.78 is 5.40. The van der Waals surface area contributed by atoms with E-state index in [1.165, 1.54) is 0 Å². The number of thiazole rings is 1. The van der Waals surface area contributed by atoms with E-state index >= 15 is 0 Å². The molecular weight excluding hydrogens is 234 g/mol. The molecule has 1 unspecified atom stereocenters. The Morgan fingerprint density at radius 2 is 2.18 bits per heavy atom. The highest BCUT2D eigenvalue weighted by Crippen LogP contribution is 2.25. The van der Waals surface area contributed by atoms with Gasteiger partial charge < -0.3 is 4.74 Å². The van der Waals surface area contributed by atoms with E-state index in [1.807, 2.05) is 37.4 Å². The Labute approximate surface area is 104 Å². The van der Waals surface area contributed by atoms with Crippen molar-refractivity contribution < 1.29 is 4.74 Å². The highest BCUT2D eigenvalue weighted by molar-refractivity contribution is 7.09. The Hall–Kier alpha value is -1.43. The summed E-state index contributed by atoms with van der Waals surface area (Å²) in [5, 5.41) is 0. The first-order valence-corrected chi connectivity index (χ1v) is 6.30. The smallest absolute Gasteiger partial charge is 0.119 e. The molecule has 3 N–H and O–H groups in total. The maximum absolute atomic E-state index is 5.59. The zero-order valence-electron chi connectivity index (χ0n) is 9.59. The topological polar surface area (TPSA) is 60.2 Å². The average molecular weight is 249 g/mol. The summed E-state index contributed by atoms with van der Waals surface area (Å²) in [5.74, 6) is 6.46. The molecule has 0 fully saturated rings. The van der Waals surface area contributed by atoms with Gasteiger partial charge in [0.2, 0.25) is 0 Å². The highest BCUT2D eigenvalue weighted by Gasteiger charge is 2.13. The lowest BCUT2D eigenvalue weighted by Gasteiger charge is -2.14. The number of nitrogens with two attached hydrogens (primary N) is 1. The van der Waals surface area contributed by atoms with Crippen molar-refractivity contribution >= 4 is 11.3 Å². The van der Waals surface area contributed by atoms with E-state index in [0.717, 1.165) is 16.2 Å². The predicted octanol–water partition coefficient (Wildman–Crippen LogP) is 2.09. The summed E-state index contributed by atoms with van der Waals surface area (Å²) in [4.78, 5) is 5.16. The first-order chi connectivity index (χ1) is 8.35. The van der Waals surface area contributed by atoms with Gasteiger partial charge in [0.15, 0.2) is 0 Å². The number of benzene rings is 1. The largest absolute Gasteiger partial charge is 0.494 e. The molecule has 0 spiro atoms. The van der Waals surface area contributed by atoms with Crippen molar-refractivity contribution in [3.05, 3.63) is 46.4 Å². The van der Waals surface area contributed by atoms with Crippen molar-refractivity contribution in [1.82, 2.24) is 10.4 Å². The van der Waals surface area contributed by atoms with Crippen LogP contribution in [0, 0.1) is 0 Å². The molecule has 5 heteroatoms. The van der Waals surface area contributed by atoms with Crippen LogP contribution in [0.2, 0.25) is 0 Å². The summed E-state index contributed by atoms with van der Waals surface area (Å²) in [5.41, 5.74) is 5.70. The van der Waals surface area contributed by atoms with Crippen molar-refractivity contribution in [3.8, 4) is 5.75 Å². The number of nitrogens with one attached hydrogen (secondary N) is 1. The van der Waals surface area contributed by atoms with Gasteiger partial charge in [-0.25, -0.2) is 5.43 Å². The molecule has 4 nitrogen and oxygen atoms in total. The molecule has 17 heavy (non-hydrogen) atoms. The molecular formula is C12H15N3OS. The van der Waals surface area contributed by atoms with E-state index in [-0.39, 0.29) is 6.04 Å². The van der Waals surface area contributed by atoms with Crippen molar-refractivity contribution in [2.75, 3.05) is 6.61 Å². The number of hydrazine groups is 1. The first kappa shape index (κ1) is 12.0. The zero-order chi connectivity index (χ0) is 12.1. The minimum absolute atomic E-state index is 0.0156. The third-order valence-corrected chi connectivity index (χ3v) is 3.27. The van der Waals surface area contributed by atoms with Gasteiger partial charge in [0.1, 0.15) is 5.75 Å². The maximum atomic E-state index is 5.59. The fourth-order valence-electron chi connectivity index (χ4n) is 1.63. The molecule has 1 aromatic heterocycles. The summed E-state index contributed by atoms with van der Waals surface area (Å²) in [6.07, 6.45) is 1.83. The van der Waals surface area contributed by atoms with Gasteiger partial charge in [-0.1, -0.05) is 12.1 Å². The van der Waals surface area contributed by atoms with Crippen LogP contribution in [0.3, 0.4) is 0 Å². The molecule has 90 valence electrons. The van der Waals surface area contributed by atoms with Gasteiger partial charge in [-0.05, 0) is 24.6 Å². The Kier molecular flexibility index (Phi) is 4.08. The van der Waals surface area contributed by atoms with Crippen LogP contribution >= 0.6 is 11.3 Å². The Balaban J connectivity index is 2.20. The molecule has 0 aliphatic rings. The van der Waals surface area contributed by atoms with Crippen molar-refractivity contribution in [1.29, 1.82) is 0 Å². The molecule has 2 aromatic rings. The van der Waals surface area contributed by atoms with E-state index in [4.69, 9.17) is 10.6 Å². The number of hydrogen-bond donors (Lipinski definition) is 2. The van der Waals surface area contributed by atoms with E-state index < -0.39 is 0 Å². The second kappa shape index (κ2) is 5.77. The fourth-order valence-corrected chi connectivity index (χ4v) is 2.34. The predicted molar refractivity (Wildman–Crippen MR) is 68.9 cm³/mol. The van der Waals surface area contributed by atoms with Gasteiger partial charge in [0.25, 0.3) is 0 Å². The highest BCUT2D eigenvalue weighted by atomic mass is 32.1. The fraction of sp³-hybridized carbons (Fsp3) is 0.250. The van der Waals surface area contributed by atoms with Crippen LogP contribution in [0.25, 0.3) is 0 Å². The Bertz CT molecular complexity index is 441. The molecule has 0 radical (unpaired) electrons. The lowest BCUT2D eigenvalue weighted by Crippen LogP contribution is -2.28. The molecule has 0 aliphatic heterocycles. The van der Waals surface area contributed by atoms with Crippen LogP contribution in [0.4, 0.5) is 0 Å². The lowest BCUT2D eigenvalue weighted by molar-refractivity contribution is 0.340.